The van der Waals surface area contributed by atoms with Crippen LogP contribution in [0.3, 0.4) is 0 Å². The Morgan fingerprint density at radius 3 is 2.50 bits per heavy atom. The minimum absolute atomic E-state index is 0.110. The van der Waals surface area contributed by atoms with Gasteiger partial charge in [0.05, 0.1) is 5.92 Å². The first-order chi connectivity index (χ1) is 8.69. The summed E-state index contributed by atoms with van der Waals surface area (Å²) in [6.07, 6.45) is 11.8. The summed E-state index contributed by atoms with van der Waals surface area (Å²) in [5, 5.41) is 9.14. The van der Waals surface area contributed by atoms with Crippen molar-refractivity contribution in [1.82, 2.24) is 4.90 Å². The van der Waals surface area contributed by atoms with Crippen LogP contribution in [-0.2, 0) is 4.79 Å². The maximum absolute atomic E-state index is 11.1. The van der Waals surface area contributed by atoms with E-state index in [2.05, 4.69) is 4.90 Å². The van der Waals surface area contributed by atoms with Crippen molar-refractivity contribution in [3.8, 4) is 0 Å². The standard InChI is InChI=1S/C15H25NO2/c17-14(18)12-5-4-8-16(11-12)13-9-15(10-13)6-2-1-3-7-15/h12-13H,1-11H2,(H,17,18). The second kappa shape index (κ2) is 4.84. The van der Waals surface area contributed by atoms with Crippen LogP contribution in [-0.4, -0.2) is 35.1 Å². The number of nitrogens with zero attached hydrogens (tertiary/aromatic N) is 1. The molecule has 3 heteroatoms. The van der Waals surface area contributed by atoms with E-state index in [-0.39, 0.29) is 5.92 Å². The fraction of sp³-hybridized carbons (Fsp3) is 0.933. The number of carboxylic acids is 1. The fourth-order valence-electron chi connectivity index (χ4n) is 4.45. The summed E-state index contributed by atoms with van der Waals surface area (Å²) in [7, 11) is 0. The van der Waals surface area contributed by atoms with Crippen LogP contribution < -0.4 is 0 Å². The molecular formula is C15H25NO2. The molecule has 2 aliphatic carbocycles. The molecule has 3 aliphatic rings. The molecule has 0 aromatic heterocycles. The molecule has 1 atom stereocenters. The molecule has 1 spiro atoms. The van der Waals surface area contributed by atoms with Crippen molar-refractivity contribution in [2.45, 2.75) is 63.8 Å². The van der Waals surface area contributed by atoms with E-state index in [0.717, 1.165) is 25.9 Å². The van der Waals surface area contributed by atoms with Gasteiger partial charge in [-0.15, -0.1) is 0 Å². The number of piperidine rings is 1. The maximum Gasteiger partial charge on any atom is 0.307 e. The molecular weight excluding hydrogens is 226 g/mol. The number of carbonyl (C=O) groups is 1. The fourth-order valence-corrected chi connectivity index (χ4v) is 4.45. The lowest BCUT2D eigenvalue weighted by Crippen LogP contribution is -2.54. The summed E-state index contributed by atoms with van der Waals surface area (Å²) in [6.45, 7) is 1.93. The molecule has 0 radical (unpaired) electrons. The molecule has 3 fully saturated rings. The van der Waals surface area contributed by atoms with E-state index < -0.39 is 5.97 Å². The highest BCUT2D eigenvalue weighted by molar-refractivity contribution is 5.70. The summed E-state index contributed by atoms with van der Waals surface area (Å²) in [5.41, 5.74) is 0.666. The largest absolute Gasteiger partial charge is 0.481 e. The molecule has 1 aliphatic heterocycles. The Morgan fingerprint density at radius 1 is 1.11 bits per heavy atom. The topological polar surface area (TPSA) is 40.5 Å². The number of hydrogen-bond donors (Lipinski definition) is 1. The number of rotatable bonds is 2. The average molecular weight is 251 g/mol. The van der Waals surface area contributed by atoms with Crippen molar-refractivity contribution in [2.24, 2.45) is 11.3 Å². The van der Waals surface area contributed by atoms with Gasteiger partial charge in [-0.1, -0.05) is 19.3 Å². The van der Waals surface area contributed by atoms with Gasteiger partial charge in [-0.3, -0.25) is 9.69 Å². The van der Waals surface area contributed by atoms with Gasteiger partial charge in [0.25, 0.3) is 0 Å². The lowest BCUT2D eigenvalue weighted by Gasteiger charge is -2.55. The van der Waals surface area contributed by atoms with Crippen LogP contribution >= 0.6 is 0 Å². The average Bonchev–Trinajstić information content (AvgIpc) is 2.37. The Bertz CT molecular complexity index is 314. The molecule has 0 bridgehead atoms. The van der Waals surface area contributed by atoms with Gasteiger partial charge in [-0.25, -0.2) is 0 Å². The molecule has 0 aromatic rings. The number of likely N-dealkylation sites (tertiary alicyclic amines) is 1. The molecule has 0 amide bonds. The first kappa shape index (κ1) is 12.5. The number of carboxylic acid groups (broad SMARTS) is 1. The van der Waals surface area contributed by atoms with Gasteiger partial charge < -0.3 is 5.11 Å². The van der Waals surface area contributed by atoms with Gasteiger partial charge in [0.1, 0.15) is 0 Å². The Morgan fingerprint density at radius 2 is 1.83 bits per heavy atom. The van der Waals surface area contributed by atoms with E-state index in [1.807, 2.05) is 0 Å². The van der Waals surface area contributed by atoms with E-state index in [4.69, 9.17) is 5.11 Å². The first-order valence-corrected chi connectivity index (χ1v) is 7.65. The van der Waals surface area contributed by atoms with Crippen molar-refractivity contribution in [1.29, 1.82) is 0 Å². The van der Waals surface area contributed by atoms with Gasteiger partial charge in [0, 0.05) is 12.6 Å². The van der Waals surface area contributed by atoms with E-state index in [9.17, 15) is 4.79 Å². The van der Waals surface area contributed by atoms with E-state index >= 15 is 0 Å². The third-order valence-corrected chi connectivity index (χ3v) is 5.57. The maximum atomic E-state index is 11.1. The van der Waals surface area contributed by atoms with Gasteiger partial charge in [0.2, 0.25) is 0 Å². The third kappa shape index (κ3) is 2.29. The molecule has 3 rings (SSSR count). The Labute approximate surface area is 110 Å². The SMILES string of the molecule is O=C(O)C1CCCN(C2CC3(CCCCC3)C2)C1. The predicted molar refractivity (Wildman–Crippen MR) is 70.5 cm³/mol. The predicted octanol–water partition coefficient (Wildman–Crippen LogP) is 2.90. The van der Waals surface area contributed by atoms with E-state index in [0.29, 0.717) is 11.5 Å². The second-order valence-corrected chi connectivity index (χ2v) is 6.80. The number of aliphatic carboxylic acids is 1. The summed E-state index contributed by atoms with van der Waals surface area (Å²) < 4.78 is 0. The van der Waals surface area contributed by atoms with Crippen LogP contribution in [0.4, 0.5) is 0 Å². The highest BCUT2D eigenvalue weighted by atomic mass is 16.4. The minimum Gasteiger partial charge on any atom is -0.481 e. The van der Waals surface area contributed by atoms with Crippen molar-refractivity contribution in [3.05, 3.63) is 0 Å². The molecule has 18 heavy (non-hydrogen) atoms. The molecule has 2 saturated carbocycles. The van der Waals surface area contributed by atoms with Crippen LogP contribution in [0, 0.1) is 11.3 Å². The molecule has 0 aromatic carbocycles. The molecule has 1 N–H and O–H groups in total. The Hall–Kier alpha value is -0.570. The summed E-state index contributed by atoms with van der Waals surface area (Å²) in [6, 6.07) is 0.699. The van der Waals surface area contributed by atoms with Crippen LogP contribution in [0.2, 0.25) is 0 Å². The van der Waals surface area contributed by atoms with Crippen LogP contribution in [0.25, 0.3) is 0 Å². The van der Waals surface area contributed by atoms with E-state index in [1.165, 1.54) is 44.9 Å². The first-order valence-electron chi connectivity index (χ1n) is 7.65. The molecule has 3 nitrogen and oxygen atoms in total. The van der Waals surface area contributed by atoms with Crippen molar-refractivity contribution >= 4 is 5.97 Å². The molecule has 1 heterocycles. The highest BCUT2D eigenvalue weighted by Crippen LogP contribution is 2.53. The summed E-state index contributed by atoms with van der Waals surface area (Å²) >= 11 is 0. The molecule has 1 unspecified atom stereocenters. The van der Waals surface area contributed by atoms with Crippen LogP contribution in [0.1, 0.15) is 57.8 Å². The van der Waals surface area contributed by atoms with Crippen LogP contribution in [0.5, 0.6) is 0 Å². The quantitative estimate of drug-likeness (QED) is 0.820. The lowest BCUT2D eigenvalue weighted by molar-refractivity contribution is -0.145. The van der Waals surface area contributed by atoms with Crippen molar-refractivity contribution < 1.29 is 9.90 Å². The smallest absolute Gasteiger partial charge is 0.307 e. The van der Waals surface area contributed by atoms with Gasteiger partial charge in [-0.2, -0.15) is 0 Å². The zero-order valence-electron chi connectivity index (χ0n) is 11.2. The Balaban J connectivity index is 1.53. The zero-order chi connectivity index (χ0) is 12.6. The van der Waals surface area contributed by atoms with Gasteiger partial charge >= 0.3 is 5.97 Å². The van der Waals surface area contributed by atoms with Crippen molar-refractivity contribution in [2.75, 3.05) is 13.1 Å². The highest BCUT2D eigenvalue weighted by Gasteiger charge is 2.47. The monoisotopic (exact) mass is 251 g/mol. The third-order valence-electron chi connectivity index (χ3n) is 5.57. The van der Waals surface area contributed by atoms with Gasteiger partial charge in [0.15, 0.2) is 0 Å². The minimum atomic E-state index is -0.591. The molecule has 102 valence electrons. The molecule has 1 saturated heterocycles. The second-order valence-electron chi connectivity index (χ2n) is 6.80. The summed E-state index contributed by atoms with van der Waals surface area (Å²) in [4.78, 5) is 13.6. The normalized spacial score (nSPS) is 33.2. The van der Waals surface area contributed by atoms with E-state index in [1.54, 1.807) is 0 Å². The zero-order valence-corrected chi connectivity index (χ0v) is 11.2. The number of hydrogen-bond acceptors (Lipinski definition) is 2. The lowest BCUT2D eigenvalue weighted by atomic mass is 9.58. The van der Waals surface area contributed by atoms with Gasteiger partial charge in [-0.05, 0) is 50.5 Å². The summed E-state index contributed by atoms with van der Waals surface area (Å²) in [5.74, 6) is -0.701. The van der Waals surface area contributed by atoms with Crippen molar-refractivity contribution in [3.63, 3.8) is 0 Å². The van der Waals surface area contributed by atoms with Crippen LogP contribution in [0.15, 0.2) is 0 Å². The Kier molecular flexibility index (Phi) is 3.35.